The van der Waals surface area contributed by atoms with Crippen LogP contribution in [0.15, 0.2) is 53.0 Å². The summed E-state index contributed by atoms with van der Waals surface area (Å²) in [4.78, 5) is 15.6. The first-order chi connectivity index (χ1) is 14.0. The van der Waals surface area contributed by atoms with E-state index in [1.54, 1.807) is 7.11 Å². The van der Waals surface area contributed by atoms with Crippen LogP contribution in [0.4, 0.5) is 0 Å². The molecular formula is C23H29BrN2O3. The second-order valence-electron chi connectivity index (χ2n) is 7.63. The van der Waals surface area contributed by atoms with E-state index in [1.165, 1.54) is 0 Å². The van der Waals surface area contributed by atoms with Crippen LogP contribution in [-0.2, 0) is 14.9 Å². The Bertz CT molecular complexity index is 817. The Hall–Kier alpha value is -1.89. The molecule has 6 heteroatoms. The fourth-order valence-electron chi connectivity index (χ4n) is 4.01. The summed E-state index contributed by atoms with van der Waals surface area (Å²) in [5.41, 5.74) is 1.54. The molecular weight excluding hydrogens is 432 g/mol. The number of para-hydroxylation sites is 1. The van der Waals surface area contributed by atoms with Gasteiger partial charge in [-0.3, -0.25) is 4.79 Å². The normalized spacial score (nSPS) is 17.0. The molecule has 0 bridgehead atoms. The highest BCUT2D eigenvalue weighted by Crippen LogP contribution is 2.36. The number of nitrogens with zero attached hydrogens (tertiary/aromatic N) is 1. The smallest absolute Gasteiger partial charge is 0.230 e. The van der Waals surface area contributed by atoms with E-state index in [9.17, 15) is 4.79 Å². The number of benzene rings is 2. The second-order valence-corrected chi connectivity index (χ2v) is 8.55. The lowest BCUT2D eigenvalue weighted by molar-refractivity contribution is -0.130. The van der Waals surface area contributed by atoms with Crippen molar-refractivity contribution in [1.82, 2.24) is 10.2 Å². The third-order valence-electron chi connectivity index (χ3n) is 5.76. The molecule has 0 radical (unpaired) electrons. The summed E-state index contributed by atoms with van der Waals surface area (Å²) >= 11 is 3.49. The Morgan fingerprint density at radius 2 is 1.83 bits per heavy atom. The Morgan fingerprint density at radius 1 is 1.17 bits per heavy atom. The largest absolute Gasteiger partial charge is 0.496 e. The maximum absolute atomic E-state index is 13.5. The first-order valence-corrected chi connectivity index (χ1v) is 10.7. The minimum absolute atomic E-state index is 0.0110. The minimum atomic E-state index is -0.559. The van der Waals surface area contributed by atoms with Gasteiger partial charge in [-0.25, -0.2) is 0 Å². The molecule has 1 N–H and O–H groups in total. The van der Waals surface area contributed by atoms with Crippen molar-refractivity contribution >= 4 is 21.8 Å². The van der Waals surface area contributed by atoms with Gasteiger partial charge in [0.1, 0.15) is 5.75 Å². The number of nitrogens with one attached hydrogen (secondary N) is 1. The Morgan fingerprint density at radius 3 is 2.45 bits per heavy atom. The van der Waals surface area contributed by atoms with Gasteiger partial charge in [-0.15, -0.1) is 0 Å². The third-order valence-corrected chi connectivity index (χ3v) is 6.28. The van der Waals surface area contributed by atoms with Gasteiger partial charge in [-0.1, -0.05) is 46.3 Å². The quantitative estimate of drug-likeness (QED) is 0.679. The number of carbonyl (C=O) groups excluding carboxylic acids is 1. The van der Waals surface area contributed by atoms with Gasteiger partial charge in [0.25, 0.3) is 0 Å². The van der Waals surface area contributed by atoms with Gasteiger partial charge < -0.3 is 19.7 Å². The molecule has 1 fully saturated rings. The van der Waals surface area contributed by atoms with Gasteiger partial charge in [-0.05, 0) is 50.7 Å². The van der Waals surface area contributed by atoms with Crippen LogP contribution in [0.3, 0.4) is 0 Å². The van der Waals surface area contributed by atoms with Gasteiger partial charge in [0.05, 0.1) is 18.6 Å². The molecule has 1 aliphatic heterocycles. The maximum Gasteiger partial charge on any atom is 0.230 e. The number of halogens is 1. The number of hydrogen-bond donors (Lipinski definition) is 1. The molecule has 156 valence electrons. The average Bonchev–Trinajstić information content (AvgIpc) is 2.74. The lowest BCUT2D eigenvalue weighted by Gasteiger charge is -2.37. The van der Waals surface area contributed by atoms with Crippen molar-refractivity contribution in [3.63, 3.8) is 0 Å². The summed E-state index contributed by atoms with van der Waals surface area (Å²) in [6.45, 7) is 1.69. The summed E-state index contributed by atoms with van der Waals surface area (Å²) in [6, 6.07) is 16.0. The Labute approximate surface area is 181 Å². The summed E-state index contributed by atoms with van der Waals surface area (Å²) in [7, 11) is 5.71. The van der Waals surface area contributed by atoms with Gasteiger partial charge in [0, 0.05) is 29.8 Å². The van der Waals surface area contributed by atoms with E-state index in [0.717, 1.165) is 21.3 Å². The first kappa shape index (κ1) is 21.8. The van der Waals surface area contributed by atoms with E-state index in [4.69, 9.17) is 9.47 Å². The van der Waals surface area contributed by atoms with Gasteiger partial charge in [0.15, 0.2) is 0 Å². The van der Waals surface area contributed by atoms with Crippen molar-refractivity contribution in [2.75, 3.05) is 41.0 Å². The zero-order chi connectivity index (χ0) is 20.9. The molecule has 1 amide bonds. The van der Waals surface area contributed by atoms with E-state index in [-0.39, 0.29) is 11.9 Å². The Kier molecular flexibility index (Phi) is 7.33. The molecule has 1 saturated heterocycles. The lowest BCUT2D eigenvalue weighted by Crippen LogP contribution is -2.49. The van der Waals surface area contributed by atoms with E-state index in [0.29, 0.717) is 32.6 Å². The number of carbonyl (C=O) groups is 1. The molecule has 2 aromatic carbocycles. The molecule has 1 atom stereocenters. The molecule has 0 aromatic heterocycles. The van der Waals surface area contributed by atoms with Crippen LogP contribution in [0.25, 0.3) is 0 Å². The number of ether oxygens (including phenoxy) is 2. The van der Waals surface area contributed by atoms with Crippen LogP contribution in [0, 0.1) is 0 Å². The molecule has 5 nitrogen and oxygen atoms in total. The number of rotatable bonds is 7. The van der Waals surface area contributed by atoms with Crippen LogP contribution in [0.1, 0.15) is 30.0 Å². The number of likely N-dealkylation sites (N-methyl/N-ethyl adjacent to an activating group) is 1. The van der Waals surface area contributed by atoms with Crippen molar-refractivity contribution in [1.29, 1.82) is 0 Å². The fraction of sp³-hybridized carbons (Fsp3) is 0.435. The molecule has 0 spiro atoms. The van der Waals surface area contributed by atoms with E-state index < -0.39 is 5.41 Å². The molecule has 0 aliphatic carbocycles. The fourth-order valence-corrected chi connectivity index (χ4v) is 4.27. The first-order valence-electron chi connectivity index (χ1n) is 9.89. The molecule has 3 rings (SSSR count). The lowest BCUT2D eigenvalue weighted by atomic mass is 9.73. The van der Waals surface area contributed by atoms with Crippen LogP contribution in [0.2, 0.25) is 0 Å². The predicted molar refractivity (Wildman–Crippen MR) is 118 cm³/mol. The van der Waals surface area contributed by atoms with Crippen molar-refractivity contribution < 1.29 is 14.3 Å². The summed E-state index contributed by atoms with van der Waals surface area (Å²) in [5, 5.41) is 3.23. The van der Waals surface area contributed by atoms with E-state index >= 15 is 0 Å². The third kappa shape index (κ3) is 4.82. The van der Waals surface area contributed by atoms with Crippen molar-refractivity contribution in [3.05, 3.63) is 64.1 Å². The van der Waals surface area contributed by atoms with Gasteiger partial charge in [0.2, 0.25) is 5.91 Å². The summed E-state index contributed by atoms with van der Waals surface area (Å²) in [5.74, 6) is 0.888. The number of methoxy groups -OCH3 is 1. The highest BCUT2D eigenvalue weighted by molar-refractivity contribution is 9.10. The van der Waals surface area contributed by atoms with Crippen LogP contribution in [-0.4, -0.2) is 51.8 Å². The van der Waals surface area contributed by atoms with Crippen molar-refractivity contribution in [2.45, 2.75) is 24.3 Å². The molecule has 1 heterocycles. The van der Waals surface area contributed by atoms with Crippen LogP contribution < -0.4 is 10.1 Å². The minimum Gasteiger partial charge on any atom is -0.496 e. The Balaban J connectivity index is 1.82. The average molecular weight is 461 g/mol. The standard InChI is InChI=1S/C23H29BrN2O3/c1-26(2)20(19-6-4-5-7-21(19)28-3)16-25-22(27)23(12-14-29-15-13-23)17-8-10-18(24)11-9-17/h4-11,20H,12-16H2,1-3H3,(H,25,27). The predicted octanol–water partition coefficient (Wildman–Crippen LogP) is 3.93. The SMILES string of the molecule is COc1ccccc1C(CNC(=O)C1(c2ccc(Br)cc2)CCOCC1)N(C)C. The summed E-state index contributed by atoms with van der Waals surface area (Å²) in [6.07, 6.45) is 1.36. The molecule has 1 aliphatic rings. The van der Waals surface area contributed by atoms with Crippen LogP contribution in [0.5, 0.6) is 5.75 Å². The van der Waals surface area contributed by atoms with Crippen molar-refractivity contribution in [2.24, 2.45) is 0 Å². The number of amides is 1. The van der Waals surface area contributed by atoms with Gasteiger partial charge >= 0.3 is 0 Å². The topological polar surface area (TPSA) is 50.8 Å². The zero-order valence-electron chi connectivity index (χ0n) is 17.3. The molecule has 0 saturated carbocycles. The molecule has 1 unspecified atom stereocenters. The summed E-state index contributed by atoms with van der Waals surface area (Å²) < 4.78 is 12.1. The molecule has 29 heavy (non-hydrogen) atoms. The highest BCUT2D eigenvalue weighted by atomic mass is 79.9. The second kappa shape index (κ2) is 9.74. The monoisotopic (exact) mass is 460 g/mol. The highest BCUT2D eigenvalue weighted by Gasteiger charge is 2.41. The zero-order valence-corrected chi connectivity index (χ0v) is 18.9. The van der Waals surface area contributed by atoms with Gasteiger partial charge in [-0.2, -0.15) is 0 Å². The number of hydrogen-bond acceptors (Lipinski definition) is 4. The van der Waals surface area contributed by atoms with E-state index in [2.05, 4.69) is 32.2 Å². The van der Waals surface area contributed by atoms with Crippen molar-refractivity contribution in [3.8, 4) is 5.75 Å². The van der Waals surface area contributed by atoms with E-state index in [1.807, 2.05) is 56.6 Å². The molecule has 2 aromatic rings. The van der Waals surface area contributed by atoms with Crippen LogP contribution >= 0.6 is 15.9 Å². The maximum atomic E-state index is 13.5.